The zero-order chi connectivity index (χ0) is 19.9. The van der Waals surface area contributed by atoms with Crippen molar-refractivity contribution in [2.75, 3.05) is 31.3 Å². The molecule has 3 aliphatic heterocycles. The van der Waals surface area contributed by atoms with Crippen LogP contribution in [0.1, 0.15) is 18.9 Å². The summed E-state index contributed by atoms with van der Waals surface area (Å²) in [6, 6.07) is 7.22. The summed E-state index contributed by atoms with van der Waals surface area (Å²) in [7, 11) is 0. The molecule has 0 aliphatic carbocycles. The lowest BCUT2D eigenvalue weighted by Gasteiger charge is -2.21. The van der Waals surface area contributed by atoms with Crippen molar-refractivity contribution in [3.05, 3.63) is 29.8 Å². The minimum atomic E-state index is -1.64. The number of hydrogen-bond acceptors (Lipinski definition) is 6. The average Bonchev–Trinajstić information content (AvgIpc) is 3.36. The molecule has 3 heterocycles. The smallest absolute Gasteiger partial charge is 0.267 e. The highest BCUT2D eigenvalue weighted by Gasteiger charge is 2.45. The third-order valence-corrected chi connectivity index (χ3v) is 5.47. The third-order valence-electron chi connectivity index (χ3n) is 5.47. The van der Waals surface area contributed by atoms with Gasteiger partial charge in [-0.2, -0.15) is 5.10 Å². The van der Waals surface area contributed by atoms with Gasteiger partial charge in [-0.3, -0.25) is 14.6 Å². The first-order valence-electron chi connectivity index (χ1n) is 9.33. The predicted octanol–water partition coefficient (Wildman–Crippen LogP) is -0.302. The van der Waals surface area contributed by atoms with E-state index < -0.39 is 11.5 Å². The zero-order valence-corrected chi connectivity index (χ0v) is 15.6. The van der Waals surface area contributed by atoms with E-state index in [1.165, 1.54) is 0 Å². The summed E-state index contributed by atoms with van der Waals surface area (Å²) in [6.45, 7) is 3.81. The van der Waals surface area contributed by atoms with Crippen LogP contribution in [0, 0.1) is 17.8 Å². The molecule has 8 heteroatoms. The maximum atomic E-state index is 12.3. The van der Waals surface area contributed by atoms with Crippen LogP contribution >= 0.6 is 0 Å². The van der Waals surface area contributed by atoms with Gasteiger partial charge in [-0.15, -0.1) is 0 Å². The summed E-state index contributed by atoms with van der Waals surface area (Å²) in [5.74, 6) is 4.63. The minimum absolute atomic E-state index is 0.0792. The number of carbonyl (C=O) groups excluding carboxylic acids is 2. The molecule has 2 amide bonds. The fourth-order valence-electron chi connectivity index (χ4n) is 3.88. The third kappa shape index (κ3) is 3.03. The lowest BCUT2D eigenvalue weighted by molar-refractivity contribution is -0.138. The van der Waals surface area contributed by atoms with E-state index in [1.807, 2.05) is 25.1 Å². The number of rotatable bonds is 3. The number of amides is 2. The number of ether oxygens (including phenoxy) is 1. The maximum absolute atomic E-state index is 12.3. The lowest BCUT2D eigenvalue weighted by Crippen LogP contribution is -2.38. The van der Waals surface area contributed by atoms with Crippen molar-refractivity contribution in [3.63, 3.8) is 0 Å². The number of nitrogens with two attached hydrogens (primary N) is 1. The van der Waals surface area contributed by atoms with E-state index in [2.05, 4.69) is 16.9 Å². The second-order valence-corrected chi connectivity index (χ2v) is 7.20. The molecule has 0 saturated carbocycles. The Bertz CT molecular complexity index is 918. The van der Waals surface area contributed by atoms with Crippen LogP contribution < -0.4 is 10.7 Å². The van der Waals surface area contributed by atoms with Crippen molar-refractivity contribution >= 4 is 23.2 Å². The maximum Gasteiger partial charge on any atom is 0.267 e. The Labute approximate surface area is 162 Å². The summed E-state index contributed by atoms with van der Waals surface area (Å²) in [5.41, 5.74) is 5.54. The molecule has 3 atom stereocenters. The Morgan fingerprint density at radius 3 is 3.00 bits per heavy atom. The summed E-state index contributed by atoms with van der Waals surface area (Å²) >= 11 is 0. The number of carbonyl (C=O) groups is 2. The molecular weight excluding hydrogens is 360 g/mol. The number of hydrogen-bond donors (Lipinski definition) is 2. The van der Waals surface area contributed by atoms with Crippen molar-refractivity contribution in [1.82, 2.24) is 4.90 Å². The second kappa shape index (κ2) is 6.93. The van der Waals surface area contributed by atoms with Crippen LogP contribution in [-0.4, -0.2) is 65.5 Å². The van der Waals surface area contributed by atoms with Gasteiger partial charge in [0.25, 0.3) is 11.8 Å². The normalized spacial score (nSPS) is 28.8. The van der Waals surface area contributed by atoms with Gasteiger partial charge in [-0.25, -0.2) is 0 Å². The summed E-state index contributed by atoms with van der Waals surface area (Å²) in [5, 5.41) is 16.7. The molecule has 146 valence electrons. The highest BCUT2D eigenvalue weighted by atomic mass is 16.5. The quantitative estimate of drug-likeness (QED) is 0.698. The Hall–Kier alpha value is -2.89. The van der Waals surface area contributed by atoms with Crippen LogP contribution in [-0.2, 0) is 14.3 Å². The lowest BCUT2D eigenvalue weighted by atomic mass is 9.98. The summed E-state index contributed by atoms with van der Waals surface area (Å²) in [6.07, 6.45) is 0.297. The molecule has 1 aromatic carbocycles. The first kappa shape index (κ1) is 18.5. The number of fused-ring (bicyclic) bond motifs is 1. The zero-order valence-electron chi connectivity index (χ0n) is 15.6. The van der Waals surface area contributed by atoms with E-state index in [0.29, 0.717) is 44.0 Å². The Morgan fingerprint density at radius 2 is 2.29 bits per heavy atom. The van der Waals surface area contributed by atoms with E-state index in [1.54, 1.807) is 16.0 Å². The summed E-state index contributed by atoms with van der Waals surface area (Å²) in [4.78, 5) is 25.5. The molecule has 2 unspecified atom stereocenters. The highest BCUT2D eigenvalue weighted by Crippen LogP contribution is 2.32. The van der Waals surface area contributed by atoms with Gasteiger partial charge in [-0.1, -0.05) is 17.9 Å². The molecule has 0 bridgehead atoms. The van der Waals surface area contributed by atoms with Crippen molar-refractivity contribution in [2.45, 2.75) is 25.0 Å². The van der Waals surface area contributed by atoms with Crippen molar-refractivity contribution in [1.29, 1.82) is 0 Å². The van der Waals surface area contributed by atoms with Gasteiger partial charge >= 0.3 is 0 Å². The van der Waals surface area contributed by atoms with Crippen molar-refractivity contribution < 1.29 is 19.4 Å². The van der Waals surface area contributed by atoms with Crippen LogP contribution in [0.15, 0.2) is 29.4 Å². The van der Waals surface area contributed by atoms with Crippen LogP contribution in [0.3, 0.4) is 0 Å². The van der Waals surface area contributed by atoms with Gasteiger partial charge in [-0.05, 0) is 25.1 Å². The van der Waals surface area contributed by atoms with Crippen LogP contribution in [0.4, 0.5) is 5.69 Å². The molecule has 8 nitrogen and oxygen atoms in total. The number of likely N-dealkylation sites (tertiary alicyclic amines) is 1. The van der Waals surface area contributed by atoms with Gasteiger partial charge in [0.05, 0.1) is 30.9 Å². The first-order valence-corrected chi connectivity index (χ1v) is 9.33. The molecule has 2 fully saturated rings. The number of hydrazone groups is 1. The van der Waals surface area contributed by atoms with E-state index in [-0.39, 0.29) is 17.9 Å². The molecule has 4 rings (SSSR count). The van der Waals surface area contributed by atoms with E-state index in [9.17, 15) is 14.7 Å². The number of anilines is 1. The van der Waals surface area contributed by atoms with Gasteiger partial charge in [0, 0.05) is 25.1 Å². The van der Waals surface area contributed by atoms with Gasteiger partial charge in [0.2, 0.25) is 5.60 Å². The van der Waals surface area contributed by atoms with Crippen LogP contribution in [0.25, 0.3) is 0 Å². The highest BCUT2D eigenvalue weighted by molar-refractivity contribution is 6.40. The van der Waals surface area contributed by atoms with Gasteiger partial charge < -0.3 is 20.5 Å². The molecule has 28 heavy (non-hydrogen) atoms. The monoisotopic (exact) mass is 382 g/mol. The standard InChI is InChI=1S/C20H22N4O4/c1-2-23-9-8-20(27,19(23)26)7-6-13-4-3-5-14(10-13)24-16-12-28-11-15(16)17(22-24)18(21)25/h3-5,10,15-16,27H,2,8-9,11-12H2,1H3,(H2,21,25)/t15?,16?,20-/m0/s1. The van der Waals surface area contributed by atoms with Crippen LogP contribution in [0.2, 0.25) is 0 Å². The molecule has 0 aromatic heterocycles. The van der Waals surface area contributed by atoms with Crippen molar-refractivity contribution in [2.24, 2.45) is 16.8 Å². The molecule has 2 saturated heterocycles. The number of likely N-dealkylation sites (N-methyl/N-ethyl adjacent to an activating group) is 1. The number of primary amides is 1. The summed E-state index contributed by atoms with van der Waals surface area (Å²) < 4.78 is 5.50. The first-order chi connectivity index (χ1) is 13.4. The van der Waals surface area contributed by atoms with Gasteiger partial charge in [0.1, 0.15) is 5.71 Å². The number of nitrogens with zero attached hydrogens (tertiary/aromatic N) is 3. The molecule has 0 spiro atoms. The van der Waals surface area contributed by atoms with E-state index in [4.69, 9.17) is 10.5 Å². The Kier molecular flexibility index (Phi) is 4.57. The molecule has 3 N–H and O–H groups in total. The fourth-order valence-corrected chi connectivity index (χ4v) is 3.88. The number of benzene rings is 1. The average molecular weight is 382 g/mol. The second-order valence-electron chi connectivity index (χ2n) is 7.20. The van der Waals surface area contributed by atoms with Crippen LogP contribution in [0.5, 0.6) is 0 Å². The Morgan fingerprint density at radius 1 is 1.46 bits per heavy atom. The van der Waals surface area contributed by atoms with Crippen molar-refractivity contribution in [3.8, 4) is 11.8 Å². The predicted molar refractivity (Wildman–Crippen MR) is 102 cm³/mol. The molecule has 1 aromatic rings. The van der Waals surface area contributed by atoms with Gasteiger partial charge in [0.15, 0.2) is 0 Å². The van der Waals surface area contributed by atoms with E-state index >= 15 is 0 Å². The van der Waals surface area contributed by atoms with E-state index in [0.717, 1.165) is 5.69 Å². The number of aliphatic hydroxyl groups is 1. The topological polar surface area (TPSA) is 108 Å². The SMILES string of the molecule is CCN1CC[C@@](O)(C#Cc2cccc(N3N=C(C(N)=O)C4COCC43)c2)C1=O. The fraction of sp³-hybridized carbons (Fsp3) is 0.450. The minimum Gasteiger partial charge on any atom is -0.378 e. The largest absolute Gasteiger partial charge is 0.378 e. The Balaban J connectivity index is 1.60. The molecular formula is C20H22N4O4. The molecule has 0 radical (unpaired) electrons. The molecule has 3 aliphatic rings.